The van der Waals surface area contributed by atoms with E-state index in [-0.39, 0.29) is 23.9 Å². The fraction of sp³-hybridized carbons (Fsp3) is 0.500. The Labute approximate surface area is 75.2 Å². The molecule has 0 aliphatic heterocycles. The average Bonchev–Trinajstić information content (AvgIpc) is 1.99. The van der Waals surface area contributed by atoms with Gasteiger partial charge in [-0.15, -0.1) is 0 Å². The minimum atomic E-state index is -0.508. The van der Waals surface area contributed by atoms with Gasteiger partial charge < -0.3 is 15.8 Å². The number of nitrogens with one attached hydrogen (secondary N) is 1. The number of hydrogen-bond acceptors (Lipinski definition) is 4. The summed E-state index contributed by atoms with van der Waals surface area (Å²) in [4.78, 5) is 21.4. The first-order valence-electron chi connectivity index (χ1n) is 3.18. The molecule has 0 aromatic carbocycles. The Morgan fingerprint density at radius 1 is 1.58 bits per heavy atom. The number of nitrogens with two attached hydrogens (primary N) is 1. The van der Waals surface area contributed by atoms with Crippen molar-refractivity contribution in [2.75, 3.05) is 13.7 Å². The third kappa shape index (κ3) is 5.60. The van der Waals surface area contributed by atoms with Crippen molar-refractivity contribution in [2.45, 2.75) is 6.42 Å². The van der Waals surface area contributed by atoms with Gasteiger partial charge in [0.15, 0.2) is 0 Å². The van der Waals surface area contributed by atoms with Gasteiger partial charge in [-0.1, -0.05) is 12.2 Å². The molecule has 0 radical (unpaired) electrons. The zero-order valence-corrected chi connectivity index (χ0v) is 7.44. The summed E-state index contributed by atoms with van der Waals surface area (Å²) in [6.07, 6.45) is -0.0493. The van der Waals surface area contributed by atoms with Crippen molar-refractivity contribution in [3.63, 3.8) is 0 Å². The van der Waals surface area contributed by atoms with Gasteiger partial charge in [0.25, 0.3) is 0 Å². The second-order valence-corrected chi connectivity index (χ2v) is 2.52. The van der Waals surface area contributed by atoms with Gasteiger partial charge in [-0.3, -0.25) is 9.59 Å². The summed E-state index contributed by atoms with van der Waals surface area (Å²) in [5.74, 6) is -0.890. The quantitative estimate of drug-likeness (QED) is 0.437. The summed E-state index contributed by atoms with van der Waals surface area (Å²) in [6.45, 7) is -0.155. The molecule has 0 heterocycles. The van der Waals surface area contributed by atoms with Gasteiger partial charge in [0.2, 0.25) is 5.91 Å². The number of amides is 1. The van der Waals surface area contributed by atoms with E-state index in [9.17, 15) is 9.59 Å². The van der Waals surface area contributed by atoms with Gasteiger partial charge in [0.1, 0.15) is 6.54 Å². The third-order valence-electron chi connectivity index (χ3n) is 0.992. The van der Waals surface area contributed by atoms with Crippen molar-refractivity contribution >= 4 is 29.1 Å². The molecule has 0 aromatic rings. The van der Waals surface area contributed by atoms with E-state index in [1.165, 1.54) is 7.11 Å². The van der Waals surface area contributed by atoms with Crippen molar-refractivity contribution < 1.29 is 14.3 Å². The SMILES string of the molecule is COC(=O)CNC(=O)CC(N)=S. The molecule has 0 unspecified atom stereocenters. The zero-order valence-electron chi connectivity index (χ0n) is 6.62. The van der Waals surface area contributed by atoms with Crippen molar-refractivity contribution in [2.24, 2.45) is 5.73 Å². The molecule has 68 valence electrons. The number of carbonyl (C=O) groups excluding carboxylic acids is 2. The first-order chi connectivity index (χ1) is 5.56. The Morgan fingerprint density at radius 3 is 2.58 bits per heavy atom. The summed E-state index contributed by atoms with van der Waals surface area (Å²) in [5.41, 5.74) is 5.09. The van der Waals surface area contributed by atoms with Crippen LogP contribution in [0.4, 0.5) is 0 Å². The highest BCUT2D eigenvalue weighted by molar-refractivity contribution is 7.80. The Balaban J connectivity index is 3.57. The monoisotopic (exact) mass is 190 g/mol. The van der Waals surface area contributed by atoms with Crippen molar-refractivity contribution in [1.29, 1.82) is 0 Å². The number of hydrogen-bond donors (Lipinski definition) is 2. The maximum absolute atomic E-state index is 10.8. The first kappa shape index (κ1) is 10.8. The summed E-state index contributed by atoms with van der Waals surface area (Å²) in [7, 11) is 1.24. The van der Waals surface area contributed by atoms with Crippen LogP contribution in [0.1, 0.15) is 6.42 Å². The standard InChI is InChI=1S/C6H10N2O3S/c1-11-6(10)3-8-5(9)2-4(7)12/h2-3H2,1H3,(H2,7,12)(H,8,9). The smallest absolute Gasteiger partial charge is 0.325 e. The second kappa shape index (κ2) is 5.48. The fourth-order valence-electron chi connectivity index (χ4n) is 0.464. The number of methoxy groups -OCH3 is 1. The maximum atomic E-state index is 10.8. The molecule has 0 fully saturated rings. The molecule has 5 nitrogen and oxygen atoms in total. The maximum Gasteiger partial charge on any atom is 0.325 e. The van der Waals surface area contributed by atoms with E-state index in [1.807, 2.05) is 0 Å². The van der Waals surface area contributed by atoms with E-state index in [0.717, 1.165) is 0 Å². The van der Waals surface area contributed by atoms with Crippen molar-refractivity contribution in [3.05, 3.63) is 0 Å². The number of esters is 1. The Bertz CT molecular complexity index is 205. The minimum Gasteiger partial charge on any atom is -0.468 e. The van der Waals surface area contributed by atoms with E-state index in [4.69, 9.17) is 5.73 Å². The molecule has 0 saturated heterocycles. The lowest BCUT2D eigenvalue weighted by Gasteiger charge is -2.01. The van der Waals surface area contributed by atoms with Crippen molar-refractivity contribution in [3.8, 4) is 0 Å². The summed E-state index contributed by atoms with van der Waals surface area (Å²) < 4.78 is 4.29. The Kier molecular flexibility index (Phi) is 4.94. The van der Waals surface area contributed by atoms with Crippen LogP contribution >= 0.6 is 12.2 Å². The topological polar surface area (TPSA) is 81.4 Å². The predicted octanol–water partition coefficient (Wildman–Crippen LogP) is -1.05. The Morgan fingerprint density at radius 2 is 2.17 bits per heavy atom. The molecule has 0 rings (SSSR count). The molecule has 0 bridgehead atoms. The molecule has 3 N–H and O–H groups in total. The highest BCUT2D eigenvalue weighted by atomic mass is 32.1. The fourth-order valence-corrected chi connectivity index (χ4v) is 0.595. The lowest BCUT2D eigenvalue weighted by atomic mass is 10.4. The van der Waals surface area contributed by atoms with Crippen LogP contribution in [-0.2, 0) is 14.3 Å². The number of carbonyl (C=O) groups is 2. The van der Waals surface area contributed by atoms with Crippen LogP contribution in [0.3, 0.4) is 0 Å². The molecule has 6 heteroatoms. The highest BCUT2D eigenvalue weighted by Gasteiger charge is 2.05. The lowest BCUT2D eigenvalue weighted by molar-refractivity contribution is -0.141. The van der Waals surface area contributed by atoms with E-state index < -0.39 is 5.97 Å². The van der Waals surface area contributed by atoms with Crippen LogP contribution in [0.2, 0.25) is 0 Å². The van der Waals surface area contributed by atoms with E-state index in [1.54, 1.807) is 0 Å². The van der Waals surface area contributed by atoms with Gasteiger partial charge in [-0.05, 0) is 0 Å². The number of thiocarbonyl (C=S) groups is 1. The molecule has 1 amide bonds. The summed E-state index contributed by atoms with van der Waals surface area (Å²) >= 11 is 4.48. The van der Waals surface area contributed by atoms with Gasteiger partial charge in [-0.25, -0.2) is 0 Å². The molecule has 0 atom stereocenters. The van der Waals surface area contributed by atoms with Crippen LogP contribution < -0.4 is 11.1 Å². The summed E-state index contributed by atoms with van der Waals surface area (Å²) in [5, 5.41) is 2.28. The molecule has 12 heavy (non-hydrogen) atoms. The van der Waals surface area contributed by atoms with Gasteiger partial charge >= 0.3 is 5.97 Å². The number of ether oxygens (including phenoxy) is 1. The third-order valence-corrected chi connectivity index (χ3v) is 1.14. The average molecular weight is 190 g/mol. The molecule has 0 aromatic heterocycles. The van der Waals surface area contributed by atoms with Crippen LogP contribution in [0.15, 0.2) is 0 Å². The van der Waals surface area contributed by atoms with Gasteiger partial charge in [0.05, 0.1) is 18.5 Å². The number of rotatable bonds is 4. The van der Waals surface area contributed by atoms with E-state index in [2.05, 4.69) is 22.3 Å². The molecular formula is C6H10N2O3S. The first-order valence-corrected chi connectivity index (χ1v) is 3.59. The molecule has 0 aliphatic carbocycles. The zero-order chi connectivity index (χ0) is 9.56. The predicted molar refractivity (Wildman–Crippen MR) is 46.4 cm³/mol. The Hall–Kier alpha value is -1.17. The van der Waals surface area contributed by atoms with E-state index >= 15 is 0 Å². The molecule has 0 aliphatic rings. The minimum absolute atomic E-state index is 0.0493. The largest absolute Gasteiger partial charge is 0.468 e. The molecular weight excluding hydrogens is 180 g/mol. The van der Waals surface area contributed by atoms with Crippen LogP contribution in [0.5, 0.6) is 0 Å². The van der Waals surface area contributed by atoms with Crippen LogP contribution in [0.25, 0.3) is 0 Å². The second-order valence-electron chi connectivity index (χ2n) is 2.00. The molecule has 0 saturated carbocycles. The van der Waals surface area contributed by atoms with Crippen LogP contribution in [-0.4, -0.2) is 30.5 Å². The summed E-state index contributed by atoms with van der Waals surface area (Å²) in [6, 6.07) is 0. The highest BCUT2D eigenvalue weighted by Crippen LogP contribution is 1.79. The normalized spacial score (nSPS) is 8.75. The van der Waals surface area contributed by atoms with E-state index in [0.29, 0.717) is 0 Å². The lowest BCUT2D eigenvalue weighted by Crippen LogP contribution is -2.32. The van der Waals surface area contributed by atoms with Gasteiger partial charge in [-0.2, -0.15) is 0 Å². The van der Waals surface area contributed by atoms with Crippen molar-refractivity contribution in [1.82, 2.24) is 5.32 Å². The van der Waals surface area contributed by atoms with Gasteiger partial charge in [0, 0.05) is 0 Å². The molecule has 0 spiro atoms. The van der Waals surface area contributed by atoms with Crippen LogP contribution in [0, 0.1) is 0 Å².